The normalized spacial score (nSPS) is 23.0. The summed E-state index contributed by atoms with van der Waals surface area (Å²) >= 11 is 11.9. The second-order valence-corrected chi connectivity index (χ2v) is 11.2. The van der Waals surface area contributed by atoms with Gasteiger partial charge in [-0.25, -0.2) is 13.4 Å². The fraction of sp³-hybridized carbons (Fsp3) is 0.455. The highest BCUT2D eigenvalue weighted by Crippen LogP contribution is 2.62. The van der Waals surface area contributed by atoms with Gasteiger partial charge in [0, 0.05) is 29.2 Å². The Labute approximate surface area is 207 Å². The van der Waals surface area contributed by atoms with Gasteiger partial charge in [0.2, 0.25) is 21.9 Å². The molecular weight excluding hydrogens is 503 g/mol. The number of rotatable bonds is 10. The number of carbonyl (C=O) groups excluding carboxylic acids is 1. The first-order valence-electron chi connectivity index (χ1n) is 10.5. The van der Waals surface area contributed by atoms with Crippen LogP contribution >= 0.6 is 23.2 Å². The number of halogens is 2. The predicted molar refractivity (Wildman–Crippen MR) is 126 cm³/mol. The van der Waals surface area contributed by atoms with Gasteiger partial charge in [0.15, 0.2) is 11.5 Å². The molecule has 1 N–H and O–H groups in total. The van der Waals surface area contributed by atoms with Crippen LogP contribution in [0.1, 0.15) is 35.2 Å². The van der Waals surface area contributed by atoms with Crippen LogP contribution in [0.2, 0.25) is 5.02 Å². The molecule has 12 heteroatoms. The Balaban J connectivity index is 1.42. The van der Waals surface area contributed by atoms with Gasteiger partial charge in [-0.15, -0.1) is 11.6 Å². The Morgan fingerprint density at radius 2 is 2.09 bits per heavy atom. The molecule has 0 saturated heterocycles. The lowest BCUT2D eigenvalue weighted by Gasteiger charge is -2.37. The molecule has 1 aromatic heterocycles. The minimum atomic E-state index is -3.50. The Morgan fingerprint density at radius 3 is 2.76 bits per heavy atom. The molecule has 1 heterocycles. The average molecular weight is 525 g/mol. The molecule has 3 saturated carbocycles. The Bertz CT molecular complexity index is 1260. The number of anilines is 1. The van der Waals surface area contributed by atoms with E-state index in [0.717, 1.165) is 19.1 Å². The van der Waals surface area contributed by atoms with Gasteiger partial charge in [-0.2, -0.15) is 10.2 Å². The van der Waals surface area contributed by atoms with E-state index in [1.165, 1.54) is 12.3 Å². The maximum atomic E-state index is 13.3. The highest BCUT2D eigenvalue weighted by Gasteiger charge is 2.58. The van der Waals surface area contributed by atoms with Gasteiger partial charge in [-0.3, -0.25) is 9.52 Å². The van der Waals surface area contributed by atoms with Crippen molar-refractivity contribution in [1.29, 1.82) is 5.26 Å². The highest BCUT2D eigenvalue weighted by atomic mass is 35.5. The molecule has 2 aromatic rings. The third-order valence-electron chi connectivity index (χ3n) is 6.15. The molecular formula is C22H22Cl2N4O5S. The van der Waals surface area contributed by atoms with E-state index in [0.29, 0.717) is 18.6 Å². The number of benzene rings is 1. The van der Waals surface area contributed by atoms with Crippen LogP contribution < -0.4 is 14.2 Å². The SMILES string of the molecule is CS(=O)(=O)Nc1nccc(OCC23CC(C2)[C@@H](C(=O)c2cc(Cl)c(OCCCl)c(C#N)c2)C3)n1. The molecule has 9 nitrogen and oxygen atoms in total. The Morgan fingerprint density at radius 1 is 1.32 bits per heavy atom. The van der Waals surface area contributed by atoms with E-state index in [2.05, 4.69) is 14.7 Å². The van der Waals surface area contributed by atoms with Gasteiger partial charge in [0.1, 0.15) is 12.7 Å². The lowest BCUT2D eigenvalue weighted by molar-refractivity contribution is 0.0634. The monoisotopic (exact) mass is 524 g/mol. The van der Waals surface area contributed by atoms with Crippen molar-refractivity contribution in [2.24, 2.45) is 17.3 Å². The number of alkyl halides is 1. The summed E-state index contributed by atoms with van der Waals surface area (Å²) in [6, 6.07) is 6.66. The number of hydrogen-bond donors (Lipinski definition) is 1. The largest absolute Gasteiger partial charge is 0.489 e. The van der Waals surface area contributed by atoms with E-state index in [1.807, 2.05) is 6.07 Å². The highest BCUT2D eigenvalue weighted by molar-refractivity contribution is 7.91. The van der Waals surface area contributed by atoms with Crippen LogP contribution in [-0.2, 0) is 10.0 Å². The summed E-state index contributed by atoms with van der Waals surface area (Å²) < 4.78 is 36.3. The fourth-order valence-electron chi connectivity index (χ4n) is 4.81. The summed E-state index contributed by atoms with van der Waals surface area (Å²) in [6.07, 6.45) is 4.77. The molecule has 0 unspecified atom stereocenters. The van der Waals surface area contributed by atoms with Crippen molar-refractivity contribution in [2.45, 2.75) is 19.3 Å². The van der Waals surface area contributed by atoms with Crippen molar-refractivity contribution in [1.82, 2.24) is 9.97 Å². The summed E-state index contributed by atoms with van der Waals surface area (Å²) in [5.74, 6) is 0.679. The van der Waals surface area contributed by atoms with Gasteiger partial charge in [0.25, 0.3) is 0 Å². The fourth-order valence-corrected chi connectivity index (χ4v) is 5.59. The number of ether oxygens (including phenoxy) is 2. The second kappa shape index (κ2) is 9.56. The van der Waals surface area contributed by atoms with Gasteiger partial charge < -0.3 is 9.47 Å². The van der Waals surface area contributed by atoms with Gasteiger partial charge in [-0.1, -0.05) is 11.6 Å². The van der Waals surface area contributed by atoms with E-state index in [1.54, 1.807) is 12.1 Å². The molecule has 0 amide bonds. The standard InChI is InChI=1S/C22H22Cl2N4O5S/c1-34(30,31)28-21-26-4-2-18(27-21)33-12-22-8-15(9-22)16(10-22)19(29)13-6-14(11-25)20(17(24)7-13)32-5-3-23/h2,4,6-7,15-16H,3,5,8-10,12H2,1H3,(H,26,27,28)/t15?,16-,22?/m0/s1. The van der Waals surface area contributed by atoms with Gasteiger partial charge >= 0.3 is 0 Å². The molecule has 3 aliphatic rings. The Hall–Kier alpha value is -2.61. The predicted octanol–water partition coefficient (Wildman–Crippen LogP) is 3.67. The van der Waals surface area contributed by atoms with Crippen molar-refractivity contribution in [3.8, 4) is 17.7 Å². The molecule has 3 fully saturated rings. The van der Waals surface area contributed by atoms with E-state index in [9.17, 15) is 18.5 Å². The van der Waals surface area contributed by atoms with Crippen LogP contribution in [0.15, 0.2) is 24.4 Å². The maximum Gasteiger partial charge on any atom is 0.239 e. The molecule has 34 heavy (non-hydrogen) atoms. The third kappa shape index (κ3) is 5.22. The van der Waals surface area contributed by atoms with Crippen molar-refractivity contribution in [3.05, 3.63) is 40.5 Å². The number of hydrogen-bond acceptors (Lipinski definition) is 8. The van der Waals surface area contributed by atoms with Crippen molar-refractivity contribution in [2.75, 3.05) is 30.1 Å². The quantitative estimate of drug-likeness (QED) is 0.367. The van der Waals surface area contributed by atoms with Crippen LogP contribution in [0.4, 0.5) is 5.95 Å². The molecule has 0 aliphatic heterocycles. The average Bonchev–Trinajstić information content (AvgIpc) is 3.31. The summed E-state index contributed by atoms with van der Waals surface area (Å²) in [7, 11) is -3.50. The first-order valence-corrected chi connectivity index (χ1v) is 13.3. The Kier molecular flexibility index (Phi) is 6.90. The lowest BCUT2D eigenvalue weighted by Crippen LogP contribution is -2.34. The zero-order valence-electron chi connectivity index (χ0n) is 18.3. The molecule has 0 radical (unpaired) electrons. The number of carbonyl (C=O) groups is 1. The van der Waals surface area contributed by atoms with Gasteiger partial charge in [0.05, 0.1) is 29.3 Å². The molecule has 1 aromatic carbocycles. The minimum Gasteiger partial charge on any atom is -0.489 e. The van der Waals surface area contributed by atoms with Crippen molar-refractivity contribution in [3.63, 3.8) is 0 Å². The first kappa shape index (κ1) is 24.5. The number of aromatic nitrogens is 2. The van der Waals surface area contributed by atoms with E-state index in [4.69, 9.17) is 32.7 Å². The van der Waals surface area contributed by atoms with E-state index >= 15 is 0 Å². The summed E-state index contributed by atoms with van der Waals surface area (Å²) in [4.78, 5) is 21.2. The number of nitriles is 1. The maximum absolute atomic E-state index is 13.3. The number of nitrogens with one attached hydrogen (secondary N) is 1. The molecule has 3 aliphatic carbocycles. The lowest BCUT2D eigenvalue weighted by atomic mass is 9.69. The molecule has 1 atom stereocenters. The van der Waals surface area contributed by atoms with Crippen molar-refractivity contribution >= 4 is 45.0 Å². The topological polar surface area (TPSA) is 131 Å². The van der Waals surface area contributed by atoms with Crippen LogP contribution in [-0.4, -0.2) is 49.5 Å². The first-order chi connectivity index (χ1) is 16.1. The number of ketones is 1. The summed E-state index contributed by atoms with van der Waals surface area (Å²) in [5, 5.41) is 9.68. The third-order valence-corrected chi connectivity index (χ3v) is 7.14. The number of Topliss-reactive ketones (excluding diaryl/α,β-unsaturated/α-hetero) is 1. The number of fused-ring (bicyclic) bond motifs is 1. The molecule has 2 bridgehead atoms. The summed E-state index contributed by atoms with van der Waals surface area (Å²) in [5.41, 5.74) is 0.443. The van der Waals surface area contributed by atoms with Crippen molar-refractivity contribution < 1.29 is 22.7 Å². The zero-order valence-corrected chi connectivity index (χ0v) is 20.6. The number of nitrogens with zero attached hydrogens (tertiary/aromatic N) is 3. The smallest absolute Gasteiger partial charge is 0.239 e. The van der Waals surface area contributed by atoms with Gasteiger partial charge in [-0.05, 0) is 37.3 Å². The zero-order chi connectivity index (χ0) is 24.5. The molecule has 0 spiro atoms. The minimum absolute atomic E-state index is 0.0478. The number of sulfonamides is 1. The van der Waals surface area contributed by atoms with E-state index in [-0.39, 0.29) is 63.7 Å². The van der Waals surface area contributed by atoms with Crippen LogP contribution in [0.25, 0.3) is 0 Å². The van der Waals surface area contributed by atoms with Crippen LogP contribution in [0.3, 0.4) is 0 Å². The second-order valence-electron chi connectivity index (χ2n) is 8.71. The van der Waals surface area contributed by atoms with E-state index < -0.39 is 10.0 Å². The van der Waals surface area contributed by atoms with Crippen LogP contribution in [0, 0.1) is 28.6 Å². The van der Waals surface area contributed by atoms with Crippen LogP contribution in [0.5, 0.6) is 11.6 Å². The molecule has 5 rings (SSSR count). The summed E-state index contributed by atoms with van der Waals surface area (Å²) in [6.45, 7) is 0.562. The molecule has 180 valence electrons.